The molecule has 2 aliphatic heterocycles. The van der Waals surface area contributed by atoms with Gasteiger partial charge < -0.3 is 19.7 Å². The van der Waals surface area contributed by atoms with E-state index in [0.717, 1.165) is 55.4 Å². The van der Waals surface area contributed by atoms with Gasteiger partial charge in [0.25, 0.3) is 0 Å². The van der Waals surface area contributed by atoms with E-state index < -0.39 is 0 Å². The Morgan fingerprint density at radius 3 is 2.65 bits per heavy atom. The number of nitrogens with one attached hydrogen (secondary N) is 1. The normalized spacial score (nSPS) is 22.9. The number of methoxy groups -OCH3 is 1. The predicted octanol–water partition coefficient (Wildman–Crippen LogP) is 4.61. The lowest BCUT2D eigenvalue weighted by molar-refractivity contribution is 0.0419. The summed E-state index contributed by atoms with van der Waals surface area (Å²) < 4.78 is 20.1. The van der Waals surface area contributed by atoms with Gasteiger partial charge in [0.15, 0.2) is 0 Å². The summed E-state index contributed by atoms with van der Waals surface area (Å²) in [5.41, 5.74) is 4.17. The molecule has 2 N–H and O–H groups in total. The summed E-state index contributed by atoms with van der Waals surface area (Å²) in [4.78, 5) is 8.59. The Hall–Kier alpha value is -2.41. The molecule has 2 aromatic carbocycles. The van der Waals surface area contributed by atoms with Crippen molar-refractivity contribution in [1.29, 1.82) is 0 Å². The van der Waals surface area contributed by atoms with Crippen LogP contribution in [-0.2, 0) is 12.0 Å². The minimum Gasteiger partial charge on any atom is -0.497 e. The van der Waals surface area contributed by atoms with Crippen LogP contribution in [0.25, 0.3) is 10.9 Å². The smallest absolute Gasteiger partial charge is 0.127 e. The number of benzene rings is 2. The monoisotopic (exact) mass is 463 g/mol. The van der Waals surface area contributed by atoms with Gasteiger partial charge in [0.2, 0.25) is 0 Å². The minimum absolute atomic E-state index is 0.00467. The third-order valence-corrected chi connectivity index (χ3v) is 8.38. The molecule has 1 aliphatic carbocycles. The molecule has 6 heteroatoms. The molecular weight excluding hydrogens is 429 g/mol. The van der Waals surface area contributed by atoms with E-state index in [2.05, 4.69) is 26.9 Å². The average Bonchev–Trinajstić information content (AvgIpc) is 3.58. The van der Waals surface area contributed by atoms with Crippen LogP contribution in [0.1, 0.15) is 48.5 Å². The highest BCUT2D eigenvalue weighted by Gasteiger charge is 2.47. The summed E-state index contributed by atoms with van der Waals surface area (Å²) >= 11 is 0. The van der Waals surface area contributed by atoms with Crippen LogP contribution in [0.5, 0.6) is 5.75 Å². The number of fused-ring (bicyclic) bond motifs is 4. The van der Waals surface area contributed by atoms with Crippen LogP contribution in [0.2, 0.25) is 0 Å². The van der Waals surface area contributed by atoms with Crippen molar-refractivity contribution in [2.24, 2.45) is 5.92 Å². The number of rotatable bonds is 6. The summed E-state index contributed by atoms with van der Waals surface area (Å²) in [7, 11) is 1.69. The molecule has 5 nitrogen and oxygen atoms in total. The number of ether oxygens (including phenoxy) is 1. The van der Waals surface area contributed by atoms with Crippen molar-refractivity contribution in [3.05, 3.63) is 65.1 Å². The molecule has 1 saturated carbocycles. The lowest BCUT2D eigenvalue weighted by atomic mass is 9.68. The molecule has 0 bridgehead atoms. The fourth-order valence-corrected chi connectivity index (χ4v) is 6.36. The first-order chi connectivity index (χ1) is 16.6. The molecule has 180 valence electrons. The van der Waals surface area contributed by atoms with Gasteiger partial charge in [-0.15, -0.1) is 0 Å². The Bertz CT molecular complexity index is 1180. The summed E-state index contributed by atoms with van der Waals surface area (Å²) in [6.07, 6.45) is 4.92. The fourth-order valence-electron chi connectivity index (χ4n) is 6.36. The first-order valence-corrected chi connectivity index (χ1v) is 12.6. The van der Waals surface area contributed by atoms with Gasteiger partial charge in [-0.1, -0.05) is 18.2 Å². The molecule has 2 fully saturated rings. The maximum atomic E-state index is 14.6. The van der Waals surface area contributed by atoms with Gasteiger partial charge >= 0.3 is 0 Å². The van der Waals surface area contributed by atoms with Crippen LogP contribution in [0.15, 0.2) is 42.5 Å². The SMILES string of the molecule is COc1ccc2c3c([nH]c2c1)[C@H](CO)N(Cc1ccccc1F)CC31CCN(CC2CC2)CC1. The number of hydrogen-bond acceptors (Lipinski definition) is 4. The first kappa shape index (κ1) is 22.1. The van der Waals surface area contributed by atoms with Crippen molar-refractivity contribution in [1.82, 2.24) is 14.8 Å². The Morgan fingerprint density at radius 2 is 1.94 bits per heavy atom. The number of aromatic amines is 1. The van der Waals surface area contributed by atoms with Gasteiger partial charge in [-0.05, 0) is 68.5 Å². The predicted molar refractivity (Wildman–Crippen MR) is 132 cm³/mol. The number of hydrogen-bond donors (Lipinski definition) is 2. The third kappa shape index (κ3) is 3.82. The zero-order chi connectivity index (χ0) is 23.3. The van der Waals surface area contributed by atoms with E-state index in [4.69, 9.17) is 4.74 Å². The number of aliphatic hydroxyl groups excluding tert-OH is 1. The molecule has 3 heterocycles. The number of H-pyrrole nitrogens is 1. The Balaban J connectivity index is 1.41. The van der Waals surface area contributed by atoms with Crippen molar-refractivity contribution < 1.29 is 14.2 Å². The van der Waals surface area contributed by atoms with E-state index in [1.807, 2.05) is 18.2 Å². The maximum absolute atomic E-state index is 14.6. The quantitative estimate of drug-likeness (QED) is 0.561. The number of nitrogens with zero attached hydrogens (tertiary/aromatic N) is 2. The van der Waals surface area contributed by atoms with Gasteiger partial charge in [0.05, 0.1) is 19.8 Å². The topological polar surface area (TPSA) is 51.7 Å². The van der Waals surface area contributed by atoms with Crippen LogP contribution < -0.4 is 4.74 Å². The van der Waals surface area contributed by atoms with E-state index in [1.165, 1.54) is 36.4 Å². The van der Waals surface area contributed by atoms with Gasteiger partial charge in [-0.2, -0.15) is 0 Å². The lowest BCUT2D eigenvalue weighted by Crippen LogP contribution is -2.53. The van der Waals surface area contributed by atoms with E-state index in [0.29, 0.717) is 12.1 Å². The summed E-state index contributed by atoms with van der Waals surface area (Å²) in [6.45, 7) is 4.73. The minimum atomic E-state index is -0.192. The molecule has 6 rings (SSSR count). The van der Waals surface area contributed by atoms with Crippen molar-refractivity contribution in [2.75, 3.05) is 39.9 Å². The number of likely N-dealkylation sites (tertiary alicyclic amines) is 1. The molecule has 34 heavy (non-hydrogen) atoms. The van der Waals surface area contributed by atoms with Crippen molar-refractivity contribution in [3.8, 4) is 5.75 Å². The van der Waals surface area contributed by atoms with Gasteiger partial charge in [0.1, 0.15) is 11.6 Å². The highest BCUT2D eigenvalue weighted by atomic mass is 19.1. The number of piperidine rings is 1. The summed E-state index contributed by atoms with van der Waals surface area (Å²) in [6, 6.07) is 13.1. The number of halogens is 1. The van der Waals surface area contributed by atoms with Crippen LogP contribution in [-0.4, -0.2) is 59.8 Å². The first-order valence-electron chi connectivity index (χ1n) is 12.6. The van der Waals surface area contributed by atoms with Gasteiger partial charge in [0, 0.05) is 53.3 Å². The number of aliphatic hydroxyl groups is 1. The van der Waals surface area contributed by atoms with E-state index in [-0.39, 0.29) is 23.9 Å². The largest absolute Gasteiger partial charge is 0.497 e. The Labute approximate surface area is 200 Å². The molecule has 3 aliphatic rings. The van der Waals surface area contributed by atoms with E-state index in [1.54, 1.807) is 13.2 Å². The van der Waals surface area contributed by atoms with Crippen molar-refractivity contribution in [3.63, 3.8) is 0 Å². The van der Waals surface area contributed by atoms with Crippen LogP contribution >= 0.6 is 0 Å². The number of aromatic nitrogens is 1. The molecule has 3 aromatic rings. The zero-order valence-electron chi connectivity index (χ0n) is 19.9. The summed E-state index contributed by atoms with van der Waals surface area (Å²) in [5.74, 6) is 1.54. The van der Waals surface area contributed by atoms with Crippen molar-refractivity contribution in [2.45, 2.75) is 43.7 Å². The fraction of sp³-hybridized carbons (Fsp3) is 0.500. The second kappa shape index (κ2) is 8.67. The van der Waals surface area contributed by atoms with Crippen molar-refractivity contribution >= 4 is 10.9 Å². The Kier molecular flexibility index (Phi) is 5.63. The molecule has 1 aromatic heterocycles. The molecule has 1 atom stereocenters. The highest BCUT2D eigenvalue weighted by Crippen LogP contribution is 2.49. The second-order valence-corrected chi connectivity index (χ2v) is 10.5. The molecule has 0 unspecified atom stereocenters. The van der Waals surface area contributed by atoms with Crippen LogP contribution in [0, 0.1) is 11.7 Å². The van der Waals surface area contributed by atoms with E-state index >= 15 is 0 Å². The molecule has 0 radical (unpaired) electrons. The van der Waals surface area contributed by atoms with Gasteiger partial charge in [-0.25, -0.2) is 4.39 Å². The second-order valence-electron chi connectivity index (χ2n) is 10.5. The maximum Gasteiger partial charge on any atom is 0.127 e. The zero-order valence-corrected chi connectivity index (χ0v) is 19.9. The molecule has 0 amide bonds. The lowest BCUT2D eigenvalue weighted by Gasteiger charge is -2.50. The van der Waals surface area contributed by atoms with Gasteiger partial charge in [-0.3, -0.25) is 4.90 Å². The molecular formula is C28H34FN3O2. The average molecular weight is 464 g/mol. The van der Waals surface area contributed by atoms with Crippen LogP contribution in [0.4, 0.5) is 4.39 Å². The molecule has 1 saturated heterocycles. The standard InChI is InChI=1S/C28H34FN3O2/c1-34-21-8-9-22-24(14-21)30-27-25(17-33)32(16-20-4-2-3-5-23(20)29)18-28(26(22)27)10-12-31(13-11-28)15-19-6-7-19/h2-5,8-9,14,19,25,30,33H,6-7,10-13,15-18H2,1H3/t25-/m0/s1. The summed E-state index contributed by atoms with van der Waals surface area (Å²) in [5, 5.41) is 11.8. The molecule has 1 spiro atoms. The van der Waals surface area contributed by atoms with E-state index in [9.17, 15) is 9.50 Å². The highest BCUT2D eigenvalue weighted by molar-refractivity contribution is 5.87. The third-order valence-electron chi connectivity index (χ3n) is 8.38. The Morgan fingerprint density at radius 1 is 1.15 bits per heavy atom. The van der Waals surface area contributed by atoms with Crippen LogP contribution in [0.3, 0.4) is 0 Å².